The molecule has 0 atom stereocenters. The normalized spacial score (nSPS) is 14.8. The van der Waals surface area contributed by atoms with Gasteiger partial charge in [-0.1, -0.05) is 22.4 Å². The Bertz CT molecular complexity index is 554. The third-order valence-corrected chi connectivity index (χ3v) is 4.13. The number of hydrogen-bond donors (Lipinski definition) is 2. The number of amides is 1. The van der Waals surface area contributed by atoms with Crippen molar-refractivity contribution < 1.29 is 14.3 Å². The van der Waals surface area contributed by atoms with E-state index in [9.17, 15) is 4.79 Å². The van der Waals surface area contributed by atoms with E-state index in [0.29, 0.717) is 19.2 Å². The molecule has 0 unspecified atom stereocenters. The van der Waals surface area contributed by atoms with E-state index in [1.54, 1.807) is 0 Å². The maximum absolute atomic E-state index is 11.6. The molecule has 24 heavy (non-hydrogen) atoms. The Morgan fingerprint density at radius 2 is 2.04 bits per heavy atom. The summed E-state index contributed by atoms with van der Waals surface area (Å²) in [7, 11) is 0. The molecule has 0 saturated heterocycles. The zero-order valence-electron chi connectivity index (χ0n) is 14.7. The zero-order valence-corrected chi connectivity index (χ0v) is 16.2. The molecule has 1 aromatic carbocycles. The van der Waals surface area contributed by atoms with Gasteiger partial charge in [-0.2, -0.15) is 0 Å². The second kappa shape index (κ2) is 8.72. The van der Waals surface area contributed by atoms with Gasteiger partial charge in [0.15, 0.2) is 0 Å². The number of ether oxygens (including phenoxy) is 2. The molecule has 2 N–H and O–H groups in total. The molecule has 134 valence electrons. The molecule has 1 saturated carbocycles. The second-order valence-electron chi connectivity index (χ2n) is 7.08. The Hall–Kier alpha value is -1.27. The summed E-state index contributed by atoms with van der Waals surface area (Å²) in [4.78, 5) is 11.6. The van der Waals surface area contributed by atoms with E-state index in [-0.39, 0.29) is 0 Å². The highest BCUT2D eigenvalue weighted by Crippen LogP contribution is 2.23. The van der Waals surface area contributed by atoms with Crippen molar-refractivity contribution in [3.8, 4) is 5.75 Å². The molecule has 0 heterocycles. The average molecular weight is 399 g/mol. The fraction of sp³-hybridized carbons (Fsp3) is 0.611. The van der Waals surface area contributed by atoms with Crippen LogP contribution in [-0.4, -0.2) is 30.9 Å². The van der Waals surface area contributed by atoms with Gasteiger partial charge >= 0.3 is 6.09 Å². The summed E-state index contributed by atoms with van der Waals surface area (Å²) in [5.74, 6) is 0.792. The maximum Gasteiger partial charge on any atom is 0.407 e. The number of carbonyl (C=O) groups excluding carboxylic acids is 1. The predicted octanol–water partition coefficient (Wildman–Crippen LogP) is 3.99. The number of carbonyl (C=O) groups is 1. The van der Waals surface area contributed by atoms with Crippen LogP contribution < -0.4 is 15.4 Å². The van der Waals surface area contributed by atoms with Crippen molar-refractivity contribution in [3.05, 3.63) is 28.2 Å². The van der Waals surface area contributed by atoms with Crippen LogP contribution >= 0.6 is 15.9 Å². The quantitative estimate of drug-likeness (QED) is 0.681. The molecule has 1 aliphatic rings. The van der Waals surface area contributed by atoms with E-state index in [4.69, 9.17) is 9.47 Å². The largest absolute Gasteiger partial charge is 0.492 e. The third-order valence-electron chi connectivity index (χ3n) is 3.67. The van der Waals surface area contributed by atoms with Crippen LogP contribution in [-0.2, 0) is 11.3 Å². The van der Waals surface area contributed by atoms with Crippen molar-refractivity contribution in [1.29, 1.82) is 0 Å². The molecule has 0 aliphatic heterocycles. The minimum Gasteiger partial charge on any atom is -0.492 e. The summed E-state index contributed by atoms with van der Waals surface area (Å²) in [5, 5.41) is 6.23. The lowest BCUT2D eigenvalue weighted by Crippen LogP contribution is -2.34. The van der Waals surface area contributed by atoms with Gasteiger partial charge in [-0.15, -0.1) is 0 Å². The van der Waals surface area contributed by atoms with Gasteiger partial charge in [-0.05, 0) is 57.4 Å². The number of halogens is 1. The Morgan fingerprint density at radius 1 is 1.29 bits per heavy atom. The highest BCUT2D eigenvalue weighted by molar-refractivity contribution is 9.10. The first-order valence-corrected chi connectivity index (χ1v) is 9.24. The first-order valence-electron chi connectivity index (χ1n) is 8.44. The maximum atomic E-state index is 11.6. The van der Waals surface area contributed by atoms with Crippen LogP contribution in [0.4, 0.5) is 4.79 Å². The monoisotopic (exact) mass is 398 g/mol. The summed E-state index contributed by atoms with van der Waals surface area (Å²) in [6.07, 6.45) is 3.45. The second-order valence-corrected chi connectivity index (χ2v) is 8.00. The average Bonchev–Trinajstić information content (AvgIpc) is 2.39. The first-order chi connectivity index (χ1) is 11.3. The Morgan fingerprint density at radius 3 is 2.67 bits per heavy atom. The first kappa shape index (κ1) is 19.1. The molecular formula is C18H27BrN2O3. The summed E-state index contributed by atoms with van der Waals surface area (Å²) in [5.41, 5.74) is 0.698. The molecule has 1 aliphatic carbocycles. The van der Waals surface area contributed by atoms with Crippen LogP contribution in [0.2, 0.25) is 0 Å². The fourth-order valence-corrected chi connectivity index (χ4v) is 2.84. The standard InChI is InChI=1S/C18H27BrN2O3/c1-18(2,3)24-17(22)20-7-8-23-16-10-13(9-14(19)11-16)12-21-15-5-4-6-15/h9-11,15,21H,4-8,12H2,1-3H3,(H,20,22). The highest BCUT2D eigenvalue weighted by atomic mass is 79.9. The number of rotatable bonds is 7. The summed E-state index contributed by atoms with van der Waals surface area (Å²) < 4.78 is 11.9. The summed E-state index contributed by atoms with van der Waals surface area (Å²) in [6, 6.07) is 6.72. The van der Waals surface area contributed by atoms with Crippen LogP contribution in [0.3, 0.4) is 0 Å². The Labute approximate surface area is 152 Å². The molecule has 0 bridgehead atoms. The molecule has 2 rings (SSSR count). The number of benzene rings is 1. The van der Waals surface area contributed by atoms with Gasteiger partial charge in [0, 0.05) is 17.1 Å². The van der Waals surface area contributed by atoms with E-state index in [1.807, 2.05) is 32.9 Å². The lowest BCUT2D eigenvalue weighted by Gasteiger charge is -2.26. The van der Waals surface area contributed by atoms with Crippen LogP contribution in [0.1, 0.15) is 45.6 Å². The van der Waals surface area contributed by atoms with E-state index >= 15 is 0 Å². The topological polar surface area (TPSA) is 59.6 Å². The van der Waals surface area contributed by atoms with Crippen LogP contribution in [0.15, 0.2) is 22.7 Å². The molecule has 5 nitrogen and oxygen atoms in total. The lowest BCUT2D eigenvalue weighted by atomic mass is 9.93. The van der Waals surface area contributed by atoms with Crippen molar-refractivity contribution in [3.63, 3.8) is 0 Å². The SMILES string of the molecule is CC(C)(C)OC(=O)NCCOc1cc(Br)cc(CNC2CCC2)c1. The van der Waals surface area contributed by atoms with Crippen LogP contribution in [0, 0.1) is 0 Å². The van der Waals surface area contributed by atoms with Gasteiger partial charge < -0.3 is 20.1 Å². The number of hydrogen-bond acceptors (Lipinski definition) is 4. The van der Waals surface area contributed by atoms with Crippen LogP contribution in [0.5, 0.6) is 5.75 Å². The molecule has 0 spiro atoms. The molecule has 1 fully saturated rings. The van der Waals surface area contributed by atoms with E-state index < -0.39 is 11.7 Å². The smallest absolute Gasteiger partial charge is 0.407 e. The molecule has 0 radical (unpaired) electrons. The van der Waals surface area contributed by atoms with Gasteiger partial charge in [0.1, 0.15) is 18.0 Å². The highest BCUT2D eigenvalue weighted by Gasteiger charge is 2.17. The Kier molecular flexibility index (Phi) is 6.92. The number of alkyl carbamates (subject to hydrolysis) is 1. The van der Waals surface area contributed by atoms with Gasteiger partial charge in [-0.3, -0.25) is 0 Å². The van der Waals surface area contributed by atoms with Crippen molar-refractivity contribution in [2.24, 2.45) is 0 Å². The van der Waals surface area contributed by atoms with Crippen molar-refractivity contribution >= 4 is 22.0 Å². The van der Waals surface area contributed by atoms with Gasteiger partial charge in [0.2, 0.25) is 0 Å². The summed E-state index contributed by atoms with van der Waals surface area (Å²) >= 11 is 3.52. The van der Waals surface area contributed by atoms with Crippen molar-refractivity contribution in [2.75, 3.05) is 13.2 Å². The van der Waals surface area contributed by atoms with E-state index in [1.165, 1.54) is 24.8 Å². The van der Waals surface area contributed by atoms with E-state index in [0.717, 1.165) is 16.8 Å². The van der Waals surface area contributed by atoms with Crippen molar-refractivity contribution in [2.45, 2.75) is 58.2 Å². The molecule has 0 aromatic heterocycles. The lowest BCUT2D eigenvalue weighted by molar-refractivity contribution is 0.0520. The fourth-order valence-electron chi connectivity index (χ4n) is 2.32. The zero-order chi connectivity index (χ0) is 17.6. The van der Waals surface area contributed by atoms with Gasteiger partial charge in [-0.25, -0.2) is 4.79 Å². The summed E-state index contributed by atoms with van der Waals surface area (Å²) in [6.45, 7) is 7.15. The number of nitrogens with one attached hydrogen (secondary N) is 2. The molecule has 1 aromatic rings. The predicted molar refractivity (Wildman–Crippen MR) is 98.4 cm³/mol. The van der Waals surface area contributed by atoms with Crippen LogP contribution in [0.25, 0.3) is 0 Å². The minimum atomic E-state index is -0.489. The van der Waals surface area contributed by atoms with Gasteiger partial charge in [0.05, 0.1) is 6.54 Å². The molecule has 1 amide bonds. The Balaban J connectivity index is 1.73. The third kappa shape index (κ3) is 7.09. The van der Waals surface area contributed by atoms with Gasteiger partial charge in [0.25, 0.3) is 0 Å². The minimum absolute atomic E-state index is 0.394. The van der Waals surface area contributed by atoms with Crippen molar-refractivity contribution in [1.82, 2.24) is 10.6 Å². The molecular weight excluding hydrogens is 372 g/mol. The van der Waals surface area contributed by atoms with E-state index in [2.05, 4.69) is 32.6 Å². The molecule has 6 heteroatoms.